The van der Waals surface area contributed by atoms with Crippen LogP contribution in [0.1, 0.15) is 66.2 Å². The molecule has 0 aromatic carbocycles. The third-order valence-corrected chi connectivity index (χ3v) is 10.9. The van der Waals surface area contributed by atoms with Gasteiger partial charge in [0.15, 0.2) is 14.1 Å². The van der Waals surface area contributed by atoms with Crippen molar-refractivity contribution in [2.45, 2.75) is 103 Å². The van der Waals surface area contributed by atoms with Crippen molar-refractivity contribution in [1.82, 2.24) is 0 Å². The number of carbonyl (C=O) groups excluding carboxylic acids is 2. The Kier molecular flexibility index (Phi) is 14.5. The number of ketones is 1. The third-order valence-electron chi connectivity index (χ3n) is 6.35. The maximum atomic E-state index is 12.1. The predicted octanol–water partition coefficient (Wildman–Crippen LogP) is 6.93. The van der Waals surface area contributed by atoms with Gasteiger partial charge in [0.2, 0.25) is 0 Å². The molecule has 0 radical (unpaired) electrons. The topological polar surface area (TPSA) is 72.8 Å². The number of hydrogen-bond donors (Lipinski definition) is 1. The van der Waals surface area contributed by atoms with Crippen LogP contribution in [0.5, 0.6) is 0 Å². The first-order valence-electron chi connectivity index (χ1n) is 13.0. The molecule has 1 heterocycles. The van der Waals surface area contributed by atoms with Gasteiger partial charge in [-0.25, -0.2) is 4.79 Å². The Labute approximate surface area is 219 Å². The Hall–Kier alpha value is -2.28. The number of cyclic esters (lactones) is 1. The van der Waals surface area contributed by atoms with Crippen molar-refractivity contribution < 1.29 is 23.9 Å². The summed E-state index contributed by atoms with van der Waals surface area (Å²) in [6.45, 7) is 13.0. The SMILES string of the molecule is C[C@@H]1CCC/C=C/C=C/C(=O)C[C@@H](O)C/C=C\C=C\[C@@H](O[Si](C)(C)C(C)(C)C)C/C=C/C=C\C(=O)O1. The van der Waals surface area contributed by atoms with Gasteiger partial charge >= 0.3 is 5.97 Å². The van der Waals surface area contributed by atoms with Crippen molar-refractivity contribution >= 4 is 20.1 Å². The summed E-state index contributed by atoms with van der Waals surface area (Å²) in [4.78, 5) is 24.1. The molecule has 0 amide bonds. The average Bonchev–Trinajstić information content (AvgIpc) is 2.76. The van der Waals surface area contributed by atoms with E-state index in [0.717, 1.165) is 19.3 Å². The summed E-state index contributed by atoms with van der Waals surface area (Å²) in [6, 6.07) is 0. The zero-order valence-corrected chi connectivity index (χ0v) is 24.0. The highest BCUT2D eigenvalue weighted by molar-refractivity contribution is 6.74. The molecule has 36 heavy (non-hydrogen) atoms. The van der Waals surface area contributed by atoms with Crippen LogP contribution in [0, 0.1) is 0 Å². The van der Waals surface area contributed by atoms with Gasteiger partial charge in [0.25, 0.3) is 0 Å². The first-order valence-corrected chi connectivity index (χ1v) is 15.9. The number of rotatable bonds is 2. The lowest BCUT2D eigenvalue weighted by Crippen LogP contribution is -2.43. The number of aliphatic hydroxyl groups is 1. The van der Waals surface area contributed by atoms with E-state index >= 15 is 0 Å². The number of hydrogen-bond acceptors (Lipinski definition) is 5. The van der Waals surface area contributed by atoms with Gasteiger partial charge in [-0.05, 0) is 63.2 Å². The van der Waals surface area contributed by atoms with E-state index in [1.54, 1.807) is 12.2 Å². The number of esters is 1. The van der Waals surface area contributed by atoms with Crippen molar-refractivity contribution in [3.8, 4) is 0 Å². The van der Waals surface area contributed by atoms with Crippen molar-refractivity contribution in [2.24, 2.45) is 0 Å². The Morgan fingerprint density at radius 1 is 0.944 bits per heavy atom. The molecule has 0 aromatic heterocycles. The highest BCUT2D eigenvalue weighted by Crippen LogP contribution is 2.37. The fraction of sp³-hybridized carbons (Fsp3) is 0.533. The third kappa shape index (κ3) is 14.3. The Bertz CT molecular complexity index is 855. The Morgan fingerprint density at radius 2 is 1.58 bits per heavy atom. The van der Waals surface area contributed by atoms with Crippen LogP contribution in [-0.4, -0.2) is 43.5 Å². The minimum absolute atomic E-state index is 0.0837. The molecular weight excluding hydrogens is 468 g/mol. The molecule has 1 aliphatic rings. The fourth-order valence-electron chi connectivity index (χ4n) is 3.19. The van der Waals surface area contributed by atoms with E-state index in [-0.39, 0.29) is 35.4 Å². The molecule has 0 aliphatic carbocycles. The largest absolute Gasteiger partial charge is 0.460 e. The lowest BCUT2D eigenvalue weighted by Gasteiger charge is -2.38. The van der Waals surface area contributed by atoms with E-state index in [1.807, 2.05) is 55.5 Å². The van der Waals surface area contributed by atoms with E-state index in [2.05, 4.69) is 33.9 Å². The maximum absolute atomic E-state index is 12.1. The van der Waals surface area contributed by atoms with Gasteiger partial charge in [-0.2, -0.15) is 0 Å². The normalized spacial score (nSPS) is 29.8. The van der Waals surface area contributed by atoms with Gasteiger partial charge < -0.3 is 14.3 Å². The molecule has 0 unspecified atom stereocenters. The molecule has 6 heteroatoms. The minimum atomic E-state index is -1.98. The number of aliphatic hydroxyl groups excluding tert-OH is 1. The highest BCUT2D eigenvalue weighted by Gasteiger charge is 2.38. The van der Waals surface area contributed by atoms with Gasteiger partial charge in [-0.1, -0.05) is 81.5 Å². The monoisotopic (exact) mass is 514 g/mol. The zero-order chi connectivity index (χ0) is 27.0. The molecule has 200 valence electrons. The van der Waals surface area contributed by atoms with Gasteiger partial charge in [0, 0.05) is 12.5 Å². The summed E-state index contributed by atoms with van der Waals surface area (Å²) in [5.74, 6) is -0.450. The Balaban J connectivity index is 2.96. The molecule has 5 nitrogen and oxygen atoms in total. The van der Waals surface area contributed by atoms with Crippen LogP contribution in [0.2, 0.25) is 18.1 Å². The molecule has 3 atom stereocenters. The van der Waals surface area contributed by atoms with Crippen LogP contribution in [0.3, 0.4) is 0 Å². The molecule has 1 rings (SSSR count). The molecule has 1 aliphatic heterocycles. The van der Waals surface area contributed by atoms with E-state index < -0.39 is 14.4 Å². The van der Waals surface area contributed by atoms with Gasteiger partial charge in [0.1, 0.15) is 0 Å². The van der Waals surface area contributed by atoms with E-state index in [1.165, 1.54) is 12.2 Å². The molecule has 0 bridgehead atoms. The summed E-state index contributed by atoms with van der Waals surface area (Å²) >= 11 is 0. The number of ether oxygens (including phenoxy) is 1. The lowest BCUT2D eigenvalue weighted by atomic mass is 10.1. The molecular formula is C30H46O5Si. The van der Waals surface area contributed by atoms with Crippen LogP contribution in [0.25, 0.3) is 0 Å². The summed E-state index contributed by atoms with van der Waals surface area (Å²) in [6.07, 6.45) is 24.4. The first-order chi connectivity index (χ1) is 16.9. The minimum Gasteiger partial charge on any atom is -0.460 e. The molecule has 0 spiro atoms. The summed E-state index contributed by atoms with van der Waals surface area (Å²) in [5, 5.41) is 10.3. The second-order valence-electron chi connectivity index (χ2n) is 10.8. The second kappa shape index (κ2) is 16.5. The summed E-state index contributed by atoms with van der Waals surface area (Å²) < 4.78 is 12.0. The maximum Gasteiger partial charge on any atom is 0.331 e. The number of allylic oxidation sites excluding steroid dienone is 8. The van der Waals surface area contributed by atoms with Crippen molar-refractivity contribution in [1.29, 1.82) is 0 Å². The molecule has 0 saturated carbocycles. The Morgan fingerprint density at radius 3 is 2.31 bits per heavy atom. The van der Waals surface area contributed by atoms with Crippen molar-refractivity contribution in [3.05, 3.63) is 72.9 Å². The highest BCUT2D eigenvalue weighted by atomic mass is 28.4. The molecule has 0 saturated heterocycles. The lowest BCUT2D eigenvalue weighted by molar-refractivity contribution is -0.142. The summed E-state index contributed by atoms with van der Waals surface area (Å²) in [5.41, 5.74) is 0. The van der Waals surface area contributed by atoms with Crippen LogP contribution in [0.4, 0.5) is 0 Å². The van der Waals surface area contributed by atoms with Crippen molar-refractivity contribution in [3.63, 3.8) is 0 Å². The summed E-state index contributed by atoms with van der Waals surface area (Å²) in [7, 11) is -1.98. The van der Waals surface area contributed by atoms with Crippen LogP contribution >= 0.6 is 0 Å². The quantitative estimate of drug-likeness (QED) is 0.319. The van der Waals surface area contributed by atoms with E-state index in [4.69, 9.17) is 9.16 Å². The van der Waals surface area contributed by atoms with Crippen LogP contribution in [-0.2, 0) is 18.8 Å². The smallest absolute Gasteiger partial charge is 0.331 e. The fourth-order valence-corrected chi connectivity index (χ4v) is 4.48. The zero-order valence-electron chi connectivity index (χ0n) is 23.0. The van der Waals surface area contributed by atoms with Gasteiger partial charge in [0.05, 0.1) is 18.3 Å². The van der Waals surface area contributed by atoms with Gasteiger partial charge in [-0.3, -0.25) is 4.79 Å². The van der Waals surface area contributed by atoms with Crippen LogP contribution in [0.15, 0.2) is 72.9 Å². The molecule has 0 fully saturated rings. The predicted molar refractivity (Wildman–Crippen MR) is 151 cm³/mol. The van der Waals surface area contributed by atoms with E-state index in [0.29, 0.717) is 12.8 Å². The number of carbonyl (C=O) groups is 2. The standard InChI is InChI=1S/C30H46O5Si/c1-25-18-12-8-7-9-13-19-26(31)24-27(32)20-14-10-15-21-28(35-36(5,6)30(2,3)4)22-16-11-17-23-29(33)34-25/h7,9-11,13-17,19,21,23,25,27-28,32H,8,12,18,20,22,24H2,1-6H3/b9-7+,14-10-,16-11+,19-13+,21-15+,23-17-/t25-,27+,28-/m1/s1. The molecule has 0 aromatic rings. The van der Waals surface area contributed by atoms with Crippen molar-refractivity contribution in [2.75, 3.05) is 0 Å². The second-order valence-corrected chi connectivity index (χ2v) is 15.5. The van der Waals surface area contributed by atoms with Crippen LogP contribution < -0.4 is 0 Å². The van der Waals surface area contributed by atoms with E-state index in [9.17, 15) is 14.7 Å². The average molecular weight is 515 g/mol. The molecule has 1 N–H and O–H groups in total. The van der Waals surface area contributed by atoms with Gasteiger partial charge in [-0.15, -0.1) is 0 Å². The first kappa shape index (κ1) is 31.7.